The van der Waals surface area contributed by atoms with Crippen LogP contribution in [-0.2, 0) is 24.2 Å². The molecule has 0 amide bonds. The van der Waals surface area contributed by atoms with Gasteiger partial charge >= 0.3 is 11.9 Å². The quantitative estimate of drug-likeness (QED) is 0.646. The van der Waals surface area contributed by atoms with Gasteiger partial charge in [-0.3, -0.25) is 9.59 Å². The van der Waals surface area contributed by atoms with Crippen LogP contribution in [0.1, 0.15) is 45.4 Å². The van der Waals surface area contributed by atoms with Gasteiger partial charge in [-0.05, 0) is 24.7 Å². The lowest BCUT2D eigenvalue weighted by molar-refractivity contribution is -0.141. The number of ether oxygens (including phenoxy) is 1. The molecule has 0 radical (unpaired) electrons. The first-order valence-electron chi connectivity index (χ1n) is 6.77. The first kappa shape index (κ1) is 16.9. The van der Waals surface area contributed by atoms with E-state index >= 15 is 0 Å². The number of esters is 1. The van der Waals surface area contributed by atoms with Crippen LogP contribution in [0, 0.1) is 5.41 Å². The predicted octanol–water partition coefficient (Wildman–Crippen LogP) is 1.39. The molecule has 1 aliphatic rings. The number of carbonyl (C=O) groups is 2. The third-order valence-corrected chi connectivity index (χ3v) is 6.06. The van der Waals surface area contributed by atoms with Crippen molar-refractivity contribution in [3.63, 3.8) is 0 Å². The van der Waals surface area contributed by atoms with Crippen molar-refractivity contribution in [2.75, 3.05) is 12.9 Å². The van der Waals surface area contributed by atoms with E-state index in [0.717, 1.165) is 6.42 Å². The van der Waals surface area contributed by atoms with E-state index in [0.29, 0.717) is 19.3 Å². The number of carboxylic acid groups (broad SMARTS) is 1. The highest BCUT2D eigenvalue weighted by molar-refractivity contribution is 7.92. The molecule has 1 aliphatic carbocycles. The Kier molecular flexibility index (Phi) is 5.56. The molecule has 0 heterocycles. The molecule has 0 saturated heterocycles. The number of methoxy groups -OCH3 is 1. The van der Waals surface area contributed by atoms with Crippen molar-refractivity contribution in [2.24, 2.45) is 5.41 Å². The molecule has 116 valence electrons. The van der Waals surface area contributed by atoms with E-state index in [-0.39, 0.29) is 18.6 Å². The smallest absolute Gasteiger partial charge is 0.321 e. The van der Waals surface area contributed by atoms with Crippen LogP contribution in [0.15, 0.2) is 0 Å². The summed E-state index contributed by atoms with van der Waals surface area (Å²) in [6, 6.07) is 0. The van der Waals surface area contributed by atoms with Gasteiger partial charge in [0, 0.05) is 0 Å². The van der Waals surface area contributed by atoms with Crippen LogP contribution in [0.2, 0.25) is 0 Å². The Morgan fingerprint density at radius 1 is 1.35 bits per heavy atom. The molecule has 1 rings (SSSR count). The van der Waals surface area contributed by atoms with E-state index in [9.17, 15) is 18.0 Å². The van der Waals surface area contributed by atoms with Gasteiger partial charge in [-0.1, -0.05) is 19.8 Å². The maximum atomic E-state index is 12.3. The summed E-state index contributed by atoms with van der Waals surface area (Å²) >= 11 is 0. The van der Waals surface area contributed by atoms with Gasteiger partial charge in [0.05, 0.1) is 19.3 Å². The molecule has 0 aromatic heterocycles. The van der Waals surface area contributed by atoms with Crippen LogP contribution >= 0.6 is 0 Å². The molecular weight excluding hydrogens is 284 g/mol. The average Bonchev–Trinajstić information content (AvgIpc) is 3.07. The molecule has 1 atom stereocenters. The molecular formula is C13H22O6S. The van der Waals surface area contributed by atoms with Crippen molar-refractivity contribution in [2.45, 2.75) is 50.7 Å². The fourth-order valence-corrected chi connectivity index (χ4v) is 4.58. The summed E-state index contributed by atoms with van der Waals surface area (Å²) in [7, 11) is -2.49. The lowest BCUT2D eigenvalue weighted by atomic mass is 10.1. The first-order chi connectivity index (χ1) is 9.26. The minimum absolute atomic E-state index is 0.0445. The number of unbranched alkanes of at least 4 members (excludes halogenated alkanes) is 1. The fourth-order valence-electron chi connectivity index (χ4n) is 2.30. The number of hydrogen-bond donors (Lipinski definition) is 1. The number of hydrogen-bond acceptors (Lipinski definition) is 5. The summed E-state index contributed by atoms with van der Waals surface area (Å²) in [4.78, 5) is 22.5. The zero-order chi connectivity index (χ0) is 15.4. The largest absolute Gasteiger partial charge is 0.480 e. The molecule has 0 aromatic carbocycles. The van der Waals surface area contributed by atoms with Crippen molar-refractivity contribution >= 4 is 21.8 Å². The molecule has 0 bridgehead atoms. The minimum atomic E-state index is -3.75. The molecule has 0 aliphatic heterocycles. The normalized spacial score (nSPS) is 18.3. The first-order valence-corrected chi connectivity index (χ1v) is 8.49. The Hall–Kier alpha value is -1.11. The van der Waals surface area contributed by atoms with Gasteiger partial charge in [0.25, 0.3) is 0 Å². The second-order valence-electron chi connectivity index (χ2n) is 5.53. The number of sulfone groups is 1. The summed E-state index contributed by atoms with van der Waals surface area (Å²) in [6.07, 6.45) is 2.72. The summed E-state index contributed by atoms with van der Waals surface area (Å²) in [5.41, 5.74) is -0.605. The van der Waals surface area contributed by atoms with Gasteiger partial charge in [-0.15, -0.1) is 0 Å². The Morgan fingerprint density at radius 2 is 1.95 bits per heavy atom. The van der Waals surface area contributed by atoms with Crippen molar-refractivity contribution in [3.8, 4) is 0 Å². The fraction of sp³-hybridized carbons (Fsp3) is 0.846. The minimum Gasteiger partial charge on any atom is -0.480 e. The lowest BCUT2D eigenvalue weighted by Crippen LogP contribution is -2.35. The van der Waals surface area contributed by atoms with E-state index in [4.69, 9.17) is 5.11 Å². The average molecular weight is 306 g/mol. The van der Waals surface area contributed by atoms with Crippen LogP contribution in [0.4, 0.5) is 0 Å². The summed E-state index contributed by atoms with van der Waals surface area (Å²) in [6.45, 7) is 1.88. The second kappa shape index (κ2) is 6.56. The highest BCUT2D eigenvalue weighted by atomic mass is 32.2. The van der Waals surface area contributed by atoms with Crippen molar-refractivity contribution in [1.82, 2.24) is 0 Å². The summed E-state index contributed by atoms with van der Waals surface area (Å²) in [5, 5.41) is 7.75. The summed E-state index contributed by atoms with van der Waals surface area (Å²) in [5.74, 6) is -1.99. The van der Waals surface area contributed by atoms with Gasteiger partial charge in [-0.2, -0.15) is 0 Å². The van der Waals surface area contributed by atoms with E-state index < -0.39 is 32.4 Å². The Bertz CT molecular complexity index is 463. The summed E-state index contributed by atoms with van der Waals surface area (Å²) < 4.78 is 29.1. The van der Waals surface area contributed by atoms with Gasteiger partial charge < -0.3 is 9.84 Å². The number of carboxylic acids is 1. The maximum Gasteiger partial charge on any atom is 0.321 e. The van der Waals surface area contributed by atoms with Gasteiger partial charge in [0.15, 0.2) is 15.1 Å². The molecule has 6 nitrogen and oxygen atoms in total. The van der Waals surface area contributed by atoms with Gasteiger partial charge in [0.1, 0.15) is 0 Å². The molecule has 7 heteroatoms. The standard InChI is InChI=1S/C13H22O6S/c1-3-4-5-10(12(15)16)20(17,18)9-13(6-7-13)8-11(14)19-2/h10H,3-9H2,1-2H3,(H,15,16). The van der Waals surface area contributed by atoms with Crippen molar-refractivity contribution < 1.29 is 27.9 Å². The molecule has 1 saturated carbocycles. The second-order valence-corrected chi connectivity index (χ2v) is 7.71. The van der Waals surface area contributed by atoms with Crippen LogP contribution < -0.4 is 0 Å². The highest BCUT2D eigenvalue weighted by Gasteiger charge is 2.50. The van der Waals surface area contributed by atoms with E-state index in [1.54, 1.807) is 0 Å². The molecule has 0 spiro atoms. The topological polar surface area (TPSA) is 97.7 Å². The van der Waals surface area contributed by atoms with Gasteiger partial charge in [-0.25, -0.2) is 8.42 Å². The molecule has 0 aromatic rings. The highest BCUT2D eigenvalue weighted by Crippen LogP contribution is 2.50. The van der Waals surface area contributed by atoms with Crippen molar-refractivity contribution in [1.29, 1.82) is 0 Å². The van der Waals surface area contributed by atoms with E-state index in [1.807, 2.05) is 6.92 Å². The third kappa shape index (κ3) is 4.47. The SMILES string of the molecule is CCCCC(C(=O)O)S(=O)(=O)CC1(CC(=O)OC)CC1. The molecule has 1 N–H and O–H groups in total. The van der Waals surface area contributed by atoms with E-state index in [2.05, 4.69) is 4.74 Å². The lowest BCUT2D eigenvalue weighted by Gasteiger charge is -2.18. The van der Waals surface area contributed by atoms with Crippen LogP contribution in [-0.4, -0.2) is 43.6 Å². The Labute approximate surface area is 119 Å². The zero-order valence-electron chi connectivity index (χ0n) is 11.9. The maximum absolute atomic E-state index is 12.3. The molecule has 1 unspecified atom stereocenters. The Balaban J connectivity index is 2.77. The van der Waals surface area contributed by atoms with Crippen LogP contribution in [0.5, 0.6) is 0 Å². The number of rotatable bonds is 9. The van der Waals surface area contributed by atoms with Crippen molar-refractivity contribution in [3.05, 3.63) is 0 Å². The third-order valence-electron chi connectivity index (χ3n) is 3.74. The Morgan fingerprint density at radius 3 is 2.35 bits per heavy atom. The predicted molar refractivity (Wildman–Crippen MR) is 73.0 cm³/mol. The van der Waals surface area contributed by atoms with Gasteiger partial charge in [0.2, 0.25) is 0 Å². The van der Waals surface area contributed by atoms with Crippen LogP contribution in [0.3, 0.4) is 0 Å². The zero-order valence-corrected chi connectivity index (χ0v) is 12.7. The molecule has 20 heavy (non-hydrogen) atoms. The van der Waals surface area contributed by atoms with Crippen LogP contribution in [0.25, 0.3) is 0 Å². The number of carbonyl (C=O) groups excluding carboxylic acids is 1. The monoisotopic (exact) mass is 306 g/mol. The number of aliphatic carboxylic acids is 1. The molecule has 1 fully saturated rings. The van der Waals surface area contributed by atoms with E-state index in [1.165, 1.54) is 7.11 Å².